The maximum Gasteiger partial charge on any atom is 0.266 e. The second-order valence-electron chi connectivity index (χ2n) is 3.01. The molecule has 0 saturated carbocycles. The topological polar surface area (TPSA) is 78.0 Å². The van der Waals surface area contributed by atoms with Crippen molar-refractivity contribution in [2.75, 3.05) is 30.0 Å². The van der Waals surface area contributed by atoms with Crippen LogP contribution >= 0.6 is 34.4 Å². The van der Waals surface area contributed by atoms with E-state index in [2.05, 4.69) is 15.3 Å². The first kappa shape index (κ1) is 13.8. The van der Waals surface area contributed by atoms with Crippen molar-refractivity contribution in [3.05, 3.63) is 20.3 Å². The van der Waals surface area contributed by atoms with Crippen molar-refractivity contribution < 1.29 is 5.11 Å². The molecule has 16 heavy (non-hydrogen) atoms. The molecule has 90 valence electrons. The smallest absolute Gasteiger partial charge is 0.266 e. The number of halogens is 1. The zero-order chi connectivity index (χ0) is 11.8. The maximum atomic E-state index is 11.2. The van der Waals surface area contributed by atoms with E-state index in [9.17, 15) is 4.79 Å². The first-order valence-corrected chi connectivity index (χ1v) is 7.14. The zero-order valence-corrected chi connectivity index (χ0v) is 11.7. The fourth-order valence-corrected chi connectivity index (χ4v) is 2.29. The van der Waals surface area contributed by atoms with Crippen LogP contribution in [-0.2, 0) is 0 Å². The SMILES string of the molecule is O=c1[nH]cnc(NCCSCCCO)c1I. The Kier molecular flexibility index (Phi) is 6.81. The number of hydrogen-bond acceptors (Lipinski definition) is 5. The van der Waals surface area contributed by atoms with Crippen molar-refractivity contribution in [2.24, 2.45) is 0 Å². The molecular weight excluding hydrogens is 341 g/mol. The van der Waals surface area contributed by atoms with Gasteiger partial charge in [0.2, 0.25) is 0 Å². The maximum absolute atomic E-state index is 11.2. The lowest BCUT2D eigenvalue weighted by atomic mass is 10.5. The summed E-state index contributed by atoms with van der Waals surface area (Å²) in [5.41, 5.74) is -0.119. The normalized spacial score (nSPS) is 10.4. The molecule has 0 bridgehead atoms. The number of hydrogen-bond donors (Lipinski definition) is 3. The first-order chi connectivity index (χ1) is 7.75. The standard InChI is InChI=1S/C9H14IN3O2S/c10-7-8(12-6-13-9(7)15)11-2-5-16-4-1-3-14/h6,14H,1-5H2,(H2,11,12,13,15). The Morgan fingerprint density at radius 1 is 1.56 bits per heavy atom. The lowest BCUT2D eigenvalue weighted by Gasteiger charge is -2.05. The quantitative estimate of drug-likeness (QED) is 0.501. The minimum atomic E-state index is -0.119. The van der Waals surface area contributed by atoms with Crippen molar-refractivity contribution in [3.63, 3.8) is 0 Å². The van der Waals surface area contributed by atoms with Gasteiger partial charge in [-0.25, -0.2) is 4.98 Å². The lowest BCUT2D eigenvalue weighted by Crippen LogP contribution is -2.16. The first-order valence-electron chi connectivity index (χ1n) is 4.91. The van der Waals surface area contributed by atoms with Gasteiger partial charge in [-0.1, -0.05) is 0 Å². The number of aromatic amines is 1. The van der Waals surface area contributed by atoms with Crippen molar-refractivity contribution in [1.82, 2.24) is 9.97 Å². The highest BCUT2D eigenvalue weighted by molar-refractivity contribution is 14.1. The van der Waals surface area contributed by atoms with Crippen LogP contribution in [0.15, 0.2) is 11.1 Å². The van der Waals surface area contributed by atoms with Gasteiger partial charge in [0, 0.05) is 18.9 Å². The van der Waals surface area contributed by atoms with Gasteiger partial charge in [0.15, 0.2) is 0 Å². The summed E-state index contributed by atoms with van der Waals surface area (Å²) in [7, 11) is 0. The molecule has 0 unspecified atom stereocenters. The van der Waals surface area contributed by atoms with Crippen LogP contribution in [0.4, 0.5) is 5.82 Å². The third kappa shape index (κ3) is 4.71. The predicted molar refractivity (Wildman–Crippen MR) is 75.1 cm³/mol. The molecule has 1 aromatic heterocycles. The fourth-order valence-electron chi connectivity index (χ4n) is 1.02. The van der Waals surface area contributed by atoms with Crippen LogP contribution in [0.2, 0.25) is 0 Å². The highest BCUT2D eigenvalue weighted by Crippen LogP contribution is 2.09. The summed E-state index contributed by atoms with van der Waals surface area (Å²) in [5, 5.41) is 11.7. The molecule has 1 rings (SSSR count). The molecule has 0 fully saturated rings. The summed E-state index contributed by atoms with van der Waals surface area (Å²) >= 11 is 3.74. The molecule has 0 saturated heterocycles. The van der Waals surface area contributed by atoms with E-state index < -0.39 is 0 Å². The summed E-state index contributed by atoms with van der Waals surface area (Å²) < 4.78 is 0.584. The van der Waals surface area contributed by atoms with E-state index in [1.807, 2.05) is 22.6 Å². The Labute approximate surface area is 112 Å². The summed E-state index contributed by atoms with van der Waals surface area (Å²) in [5.74, 6) is 2.52. The number of thioether (sulfide) groups is 1. The van der Waals surface area contributed by atoms with E-state index in [1.165, 1.54) is 6.33 Å². The molecule has 0 atom stereocenters. The molecule has 0 amide bonds. The molecule has 5 nitrogen and oxygen atoms in total. The molecule has 0 spiro atoms. The van der Waals surface area contributed by atoms with Crippen molar-refractivity contribution in [1.29, 1.82) is 0 Å². The molecule has 1 aromatic rings. The van der Waals surface area contributed by atoms with Gasteiger partial charge in [0.25, 0.3) is 5.56 Å². The molecule has 0 radical (unpaired) electrons. The van der Waals surface area contributed by atoms with Crippen LogP contribution in [0.25, 0.3) is 0 Å². The second-order valence-corrected chi connectivity index (χ2v) is 5.31. The average Bonchev–Trinajstić information content (AvgIpc) is 2.29. The van der Waals surface area contributed by atoms with E-state index in [0.29, 0.717) is 9.39 Å². The van der Waals surface area contributed by atoms with Crippen LogP contribution < -0.4 is 10.9 Å². The van der Waals surface area contributed by atoms with Crippen LogP contribution in [0.5, 0.6) is 0 Å². The molecule has 1 heterocycles. The van der Waals surface area contributed by atoms with E-state index in [-0.39, 0.29) is 12.2 Å². The van der Waals surface area contributed by atoms with E-state index >= 15 is 0 Å². The molecule has 7 heteroatoms. The van der Waals surface area contributed by atoms with Crippen LogP contribution in [0.3, 0.4) is 0 Å². The van der Waals surface area contributed by atoms with Crippen molar-refractivity contribution >= 4 is 40.2 Å². The van der Waals surface area contributed by atoms with Gasteiger partial charge in [0.1, 0.15) is 9.39 Å². The number of rotatable bonds is 7. The second kappa shape index (κ2) is 7.91. The number of aromatic nitrogens is 2. The minimum absolute atomic E-state index is 0.119. The fraction of sp³-hybridized carbons (Fsp3) is 0.556. The van der Waals surface area contributed by atoms with Crippen LogP contribution in [-0.4, -0.2) is 39.7 Å². The molecule has 0 aliphatic carbocycles. The van der Waals surface area contributed by atoms with Gasteiger partial charge in [0.05, 0.1) is 6.33 Å². The van der Waals surface area contributed by atoms with Gasteiger partial charge < -0.3 is 15.4 Å². The van der Waals surface area contributed by atoms with E-state index in [4.69, 9.17) is 5.11 Å². The van der Waals surface area contributed by atoms with Gasteiger partial charge >= 0.3 is 0 Å². The van der Waals surface area contributed by atoms with E-state index in [0.717, 1.165) is 24.5 Å². The largest absolute Gasteiger partial charge is 0.396 e. The summed E-state index contributed by atoms with van der Waals surface area (Å²) in [6, 6.07) is 0. The Morgan fingerprint density at radius 3 is 3.12 bits per heavy atom. The van der Waals surface area contributed by atoms with Crippen LogP contribution in [0, 0.1) is 3.57 Å². The third-order valence-electron chi connectivity index (χ3n) is 1.78. The number of H-pyrrole nitrogens is 1. The third-order valence-corrected chi connectivity index (χ3v) is 3.85. The highest BCUT2D eigenvalue weighted by Gasteiger charge is 2.03. The Balaban J connectivity index is 2.27. The Hall–Kier alpha value is -0.280. The molecule has 0 aromatic carbocycles. The number of nitrogens with zero attached hydrogens (tertiary/aromatic N) is 1. The lowest BCUT2D eigenvalue weighted by molar-refractivity contribution is 0.296. The number of anilines is 1. The van der Waals surface area contributed by atoms with Gasteiger partial charge in [-0.2, -0.15) is 11.8 Å². The molecular formula is C9H14IN3O2S. The van der Waals surface area contributed by atoms with Crippen LogP contribution in [0.1, 0.15) is 6.42 Å². The van der Waals surface area contributed by atoms with Gasteiger partial charge in [-0.15, -0.1) is 0 Å². The monoisotopic (exact) mass is 355 g/mol. The number of nitrogens with one attached hydrogen (secondary N) is 2. The Bertz CT molecular complexity index is 372. The number of aliphatic hydroxyl groups excluding tert-OH is 1. The number of aliphatic hydroxyl groups is 1. The molecule has 0 aliphatic heterocycles. The van der Waals surface area contributed by atoms with E-state index in [1.54, 1.807) is 11.8 Å². The van der Waals surface area contributed by atoms with Gasteiger partial charge in [-0.3, -0.25) is 4.79 Å². The van der Waals surface area contributed by atoms with Gasteiger partial charge in [-0.05, 0) is 34.8 Å². The van der Waals surface area contributed by atoms with Crippen molar-refractivity contribution in [2.45, 2.75) is 6.42 Å². The van der Waals surface area contributed by atoms with Crippen molar-refractivity contribution in [3.8, 4) is 0 Å². The Morgan fingerprint density at radius 2 is 2.38 bits per heavy atom. The minimum Gasteiger partial charge on any atom is -0.396 e. The highest BCUT2D eigenvalue weighted by atomic mass is 127. The average molecular weight is 355 g/mol. The summed E-state index contributed by atoms with van der Waals surface area (Å²) in [6.07, 6.45) is 2.22. The summed E-state index contributed by atoms with van der Waals surface area (Å²) in [6.45, 7) is 1.01. The summed E-state index contributed by atoms with van der Waals surface area (Å²) in [4.78, 5) is 17.8. The zero-order valence-electron chi connectivity index (χ0n) is 8.70. The predicted octanol–water partition coefficient (Wildman–Crippen LogP) is 0.902. The molecule has 0 aliphatic rings. The molecule has 3 N–H and O–H groups in total.